The van der Waals surface area contributed by atoms with Gasteiger partial charge in [-0.3, -0.25) is 4.79 Å². The summed E-state index contributed by atoms with van der Waals surface area (Å²) in [4.78, 5) is 14.6. The highest BCUT2D eigenvalue weighted by atomic mass is 16.5. The fourth-order valence-electron chi connectivity index (χ4n) is 2.50. The van der Waals surface area contributed by atoms with E-state index < -0.39 is 5.54 Å². The van der Waals surface area contributed by atoms with Crippen molar-refractivity contribution in [1.82, 2.24) is 10.2 Å². The number of rotatable bonds is 10. The van der Waals surface area contributed by atoms with Gasteiger partial charge in [-0.15, -0.1) is 0 Å². The predicted molar refractivity (Wildman–Crippen MR) is 82.8 cm³/mol. The molecule has 118 valence electrons. The van der Waals surface area contributed by atoms with E-state index in [-0.39, 0.29) is 5.97 Å². The summed E-state index contributed by atoms with van der Waals surface area (Å²) in [6, 6.07) is 0.618. The molecule has 4 nitrogen and oxygen atoms in total. The molecular weight excluding hydrogens is 252 g/mol. The third-order valence-electron chi connectivity index (χ3n) is 4.46. The molecule has 0 spiro atoms. The van der Waals surface area contributed by atoms with Crippen LogP contribution in [0.2, 0.25) is 0 Å². The van der Waals surface area contributed by atoms with Crippen LogP contribution in [-0.4, -0.2) is 49.2 Å². The van der Waals surface area contributed by atoms with Crippen LogP contribution in [0.5, 0.6) is 0 Å². The van der Waals surface area contributed by atoms with Crippen LogP contribution in [-0.2, 0) is 9.53 Å². The Morgan fingerprint density at radius 1 is 1.45 bits per heavy atom. The first kappa shape index (κ1) is 17.4. The first-order valence-electron chi connectivity index (χ1n) is 8.07. The Labute approximate surface area is 124 Å². The molecule has 1 fully saturated rings. The summed E-state index contributed by atoms with van der Waals surface area (Å²) >= 11 is 0. The van der Waals surface area contributed by atoms with E-state index in [0.29, 0.717) is 12.6 Å². The van der Waals surface area contributed by atoms with Crippen molar-refractivity contribution in [1.29, 1.82) is 0 Å². The van der Waals surface area contributed by atoms with Crippen molar-refractivity contribution in [2.45, 2.75) is 65.0 Å². The van der Waals surface area contributed by atoms with Crippen molar-refractivity contribution in [3.8, 4) is 0 Å². The van der Waals surface area contributed by atoms with Gasteiger partial charge in [0.2, 0.25) is 0 Å². The van der Waals surface area contributed by atoms with Crippen LogP contribution in [0.15, 0.2) is 0 Å². The van der Waals surface area contributed by atoms with E-state index in [0.717, 1.165) is 31.8 Å². The van der Waals surface area contributed by atoms with Gasteiger partial charge in [0.25, 0.3) is 0 Å². The van der Waals surface area contributed by atoms with E-state index >= 15 is 0 Å². The van der Waals surface area contributed by atoms with Crippen LogP contribution in [0, 0.1) is 5.92 Å². The molecule has 1 aliphatic rings. The molecule has 0 bridgehead atoms. The normalized spacial score (nSPS) is 19.7. The standard InChI is InChI=1S/C16H32N2O2/c1-6-11-17-16(4,15(19)20-7-2)10-12-18(5)13(3)14-8-9-14/h13-14,17H,6-12H2,1-5H3. The summed E-state index contributed by atoms with van der Waals surface area (Å²) in [7, 11) is 2.16. The first-order chi connectivity index (χ1) is 9.44. The molecule has 0 aromatic rings. The maximum Gasteiger partial charge on any atom is 0.326 e. The van der Waals surface area contributed by atoms with E-state index in [4.69, 9.17) is 4.74 Å². The number of nitrogens with zero attached hydrogens (tertiary/aromatic N) is 1. The van der Waals surface area contributed by atoms with Crippen molar-refractivity contribution < 1.29 is 9.53 Å². The van der Waals surface area contributed by atoms with Gasteiger partial charge in [0.15, 0.2) is 0 Å². The monoisotopic (exact) mass is 284 g/mol. The van der Waals surface area contributed by atoms with Gasteiger partial charge in [0.1, 0.15) is 5.54 Å². The van der Waals surface area contributed by atoms with Crippen molar-refractivity contribution in [2.24, 2.45) is 5.92 Å². The molecule has 1 N–H and O–H groups in total. The maximum atomic E-state index is 12.2. The molecule has 0 heterocycles. The lowest BCUT2D eigenvalue weighted by molar-refractivity contribution is -0.151. The van der Waals surface area contributed by atoms with Crippen LogP contribution in [0.3, 0.4) is 0 Å². The number of esters is 1. The number of carbonyl (C=O) groups excluding carboxylic acids is 1. The second-order valence-electron chi connectivity index (χ2n) is 6.29. The highest BCUT2D eigenvalue weighted by Crippen LogP contribution is 2.34. The molecule has 0 amide bonds. The van der Waals surface area contributed by atoms with Gasteiger partial charge >= 0.3 is 5.97 Å². The molecular formula is C16H32N2O2. The highest BCUT2D eigenvalue weighted by Gasteiger charge is 2.36. The molecule has 0 aromatic heterocycles. The lowest BCUT2D eigenvalue weighted by Gasteiger charge is -2.32. The van der Waals surface area contributed by atoms with E-state index in [1.54, 1.807) is 0 Å². The molecule has 2 atom stereocenters. The zero-order valence-electron chi connectivity index (χ0n) is 13.9. The summed E-state index contributed by atoms with van der Waals surface area (Å²) in [6.07, 6.45) is 4.52. The van der Waals surface area contributed by atoms with Crippen molar-refractivity contribution in [2.75, 3.05) is 26.7 Å². The SMILES string of the molecule is CCCNC(C)(CCN(C)C(C)C1CC1)C(=O)OCC. The summed E-state index contributed by atoms with van der Waals surface area (Å²) < 4.78 is 5.24. The summed E-state index contributed by atoms with van der Waals surface area (Å²) in [6.45, 7) is 10.4. The zero-order chi connectivity index (χ0) is 15.2. The van der Waals surface area contributed by atoms with Gasteiger partial charge < -0.3 is 15.0 Å². The second kappa shape index (κ2) is 7.99. The van der Waals surface area contributed by atoms with Gasteiger partial charge in [-0.25, -0.2) is 0 Å². The van der Waals surface area contributed by atoms with Crippen molar-refractivity contribution >= 4 is 5.97 Å². The van der Waals surface area contributed by atoms with Crippen LogP contribution in [0.4, 0.5) is 0 Å². The average molecular weight is 284 g/mol. The van der Waals surface area contributed by atoms with Crippen LogP contribution < -0.4 is 5.32 Å². The Balaban J connectivity index is 2.51. The van der Waals surface area contributed by atoms with Gasteiger partial charge in [-0.2, -0.15) is 0 Å². The van der Waals surface area contributed by atoms with E-state index in [1.807, 2.05) is 13.8 Å². The first-order valence-corrected chi connectivity index (χ1v) is 8.07. The van der Waals surface area contributed by atoms with E-state index in [2.05, 4.69) is 31.1 Å². The number of hydrogen-bond acceptors (Lipinski definition) is 4. The highest BCUT2D eigenvalue weighted by molar-refractivity contribution is 5.80. The second-order valence-corrected chi connectivity index (χ2v) is 6.29. The van der Waals surface area contributed by atoms with Crippen molar-refractivity contribution in [3.63, 3.8) is 0 Å². The number of nitrogens with one attached hydrogen (secondary N) is 1. The molecule has 2 unspecified atom stereocenters. The fourth-order valence-corrected chi connectivity index (χ4v) is 2.50. The topological polar surface area (TPSA) is 41.6 Å². The lowest BCUT2D eigenvalue weighted by atomic mass is 9.96. The number of carbonyl (C=O) groups is 1. The molecule has 1 aliphatic carbocycles. The minimum Gasteiger partial charge on any atom is -0.465 e. The van der Waals surface area contributed by atoms with E-state index in [9.17, 15) is 4.79 Å². The van der Waals surface area contributed by atoms with Gasteiger partial charge in [-0.1, -0.05) is 6.92 Å². The Bertz CT molecular complexity index is 305. The lowest BCUT2D eigenvalue weighted by Crippen LogP contribution is -2.52. The quantitative estimate of drug-likeness (QED) is 0.626. The zero-order valence-corrected chi connectivity index (χ0v) is 13.9. The summed E-state index contributed by atoms with van der Waals surface area (Å²) in [5.74, 6) is 0.735. The third-order valence-corrected chi connectivity index (χ3v) is 4.46. The molecule has 0 saturated heterocycles. The molecule has 20 heavy (non-hydrogen) atoms. The van der Waals surface area contributed by atoms with Crippen LogP contribution >= 0.6 is 0 Å². The fraction of sp³-hybridized carbons (Fsp3) is 0.938. The van der Waals surface area contributed by atoms with Gasteiger partial charge in [-0.05, 0) is 66.0 Å². The maximum absolute atomic E-state index is 12.2. The average Bonchev–Trinajstić information content (AvgIpc) is 3.26. The Morgan fingerprint density at radius 3 is 2.60 bits per heavy atom. The third kappa shape index (κ3) is 5.06. The summed E-state index contributed by atoms with van der Waals surface area (Å²) in [5, 5.41) is 3.37. The Hall–Kier alpha value is -0.610. The minimum atomic E-state index is -0.566. The van der Waals surface area contributed by atoms with Crippen molar-refractivity contribution in [3.05, 3.63) is 0 Å². The van der Waals surface area contributed by atoms with E-state index in [1.165, 1.54) is 12.8 Å². The Kier molecular flexibility index (Phi) is 6.96. The molecule has 0 radical (unpaired) electrons. The molecule has 0 aromatic carbocycles. The smallest absolute Gasteiger partial charge is 0.326 e. The van der Waals surface area contributed by atoms with Gasteiger partial charge in [0, 0.05) is 12.6 Å². The largest absolute Gasteiger partial charge is 0.465 e. The number of hydrogen-bond donors (Lipinski definition) is 1. The molecule has 1 saturated carbocycles. The predicted octanol–water partition coefficient (Wildman–Crippen LogP) is 2.43. The minimum absolute atomic E-state index is 0.124. The summed E-state index contributed by atoms with van der Waals surface area (Å²) in [5.41, 5.74) is -0.566. The number of ether oxygens (including phenoxy) is 1. The van der Waals surface area contributed by atoms with Crippen LogP contribution in [0.25, 0.3) is 0 Å². The van der Waals surface area contributed by atoms with Crippen LogP contribution in [0.1, 0.15) is 53.4 Å². The molecule has 4 heteroatoms. The Morgan fingerprint density at radius 2 is 2.10 bits per heavy atom. The van der Waals surface area contributed by atoms with Gasteiger partial charge in [0.05, 0.1) is 6.61 Å². The molecule has 0 aliphatic heterocycles. The molecule has 1 rings (SSSR count).